The Kier molecular flexibility index (Phi) is 6.96. The largest absolute Gasteiger partial charge is 0.497 e. The standard InChI is InChI=1S/C25H25FN6O3/c1-35-20-10-8-18(9-11-20)31-15-16(13-23(31)33)25(34)29-12-2-3-22-21(14-27)24(28)32(30-22)19-6-4-17(26)5-7-19/h4-11,16H,2-3,12-13,15,28H2,1H3,(H,29,34). The maximum Gasteiger partial charge on any atom is 0.227 e. The van der Waals surface area contributed by atoms with E-state index in [4.69, 9.17) is 10.5 Å². The number of hydrogen-bond donors (Lipinski definition) is 2. The number of nitriles is 1. The van der Waals surface area contributed by atoms with Crippen LogP contribution in [0.1, 0.15) is 24.1 Å². The van der Waals surface area contributed by atoms with E-state index in [-0.39, 0.29) is 35.4 Å². The van der Waals surface area contributed by atoms with Crippen LogP contribution in [0.3, 0.4) is 0 Å². The number of hydrogen-bond acceptors (Lipinski definition) is 6. The molecule has 3 aromatic rings. The number of nitrogens with zero attached hydrogens (tertiary/aromatic N) is 4. The van der Waals surface area contributed by atoms with Crippen molar-refractivity contribution in [1.29, 1.82) is 5.26 Å². The summed E-state index contributed by atoms with van der Waals surface area (Å²) < 4.78 is 19.8. The zero-order chi connectivity index (χ0) is 24.9. The zero-order valence-electron chi connectivity index (χ0n) is 19.2. The number of nitrogens with one attached hydrogen (secondary N) is 1. The van der Waals surface area contributed by atoms with Crippen molar-refractivity contribution in [3.8, 4) is 17.5 Å². The van der Waals surface area contributed by atoms with Crippen molar-refractivity contribution in [1.82, 2.24) is 15.1 Å². The van der Waals surface area contributed by atoms with Gasteiger partial charge in [0.05, 0.1) is 24.4 Å². The maximum atomic E-state index is 13.2. The van der Waals surface area contributed by atoms with Gasteiger partial charge in [0, 0.05) is 25.2 Å². The molecule has 1 aromatic heterocycles. The lowest BCUT2D eigenvalue weighted by molar-refractivity contribution is -0.126. The molecule has 1 unspecified atom stereocenters. The van der Waals surface area contributed by atoms with Crippen molar-refractivity contribution >= 4 is 23.3 Å². The van der Waals surface area contributed by atoms with Crippen LogP contribution in [0.2, 0.25) is 0 Å². The zero-order valence-corrected chi connectivity index (χ0v) is 19.2. The van der Waals surface area contributed by atoms with Crippen LogP contribution in [0.5, 0.6) is 5.75 Å². The van der Waals surface area contributed by atoms with Crippen molar-refractivity contribution in [3.63, 3.8) is 0 Å². The van der Waals surface area contributed by atoms with E-state index >= 15 is 0 Å². The fourth-order valence-electron chi connectivity index (χ4n) is 4.06. The summed E-state index contributed by atoms with van der Waals surface area (Å²) in [5.74, 6) is -0.235. The number of nitrogens with two attached hydrogens (primary N) is 1. The van der Waals surface area contributed by atoms with E-state index in [1.165, 1.54) is 28.9 Å². The van der Waals surface area contributed by atoms with Gasteiger partial charge in [-0.3, -0.25) is 9.59 Å². The number of ether oxygens (including phenoxy) is 1. The van der Waals surface area contributed by atoms with Gasteiger partial charge >= 0.3 is 0 Å². The second-order valence-corrected chi connectivity index (χ2v) is 8.20. The highest BCUT2D eigenvalue weighted by Crippen LogP contribution is 2.27. The summed E-state index contributed by atoms with van der Waals surface area (Å²) >= 11 is 0. The van der Waals surface area contributed by atoms with Gasteiger partial charge in [0.15, 0.2) is 0 Å². The van der Waals surface area contributed by atoms with Crippen LogP contribution in [-0.4, -0.2) is 41.8 Å². The highest BCUT2D eigenvalue weighted by Gasteiger charge is 2.35. The molecule has 10 heteroatoms. The summed E-state index contributed by atoms with van der Waals surface area (Å²) in [5.41, 5.74) is 8.12. The third-order valence-electron chi connectivity index (χ3n) is 5.95. The number of aryl methyl sites for hydroxylation is 1. The monoisotopic (exact) mass is 476 g/mol. The summed E-state index contributed by atoms with van der Waals surface area (Å²) in [6.45, 7) is 0.675. The molecular weight excluding hydrogens is 451 g/mol. The van der Waals surface area contributed by atoms with Gasteiger partial charge in [-0.05, 0) is 61.4 Å². The molecule has 0 saturated carbocycles. The van der Waals surface area contributed by atoms with E-state index in [1.54, 1.807) is 36.3 Å². The Morgan fingerprint density at radius 1 is 1.23 bits per heavy atom. The molecule has 3 N–H and O–H groups in total. The van der Waals surface area contributed by atoms with Crippen molar-refractivity contribution in [2.75, 3.05) is 30.8 Å². The highest BCUT2D eigenvalue weighted by atomic mass is 19.1. The number of rotatable bonds is 8. The molecule has 1 atom stereocenters. The van der Waals surface area contributed by atoms with Crippen molar-refractivity contribution in [2.45, 2.75) is 19.3 Å². The lowest BCUT2D eigenvalue weighted by Gasteiger charge is -2.17. The van der Waals surface area contributed by atoms with Gasteiger partial charge in [-0.15, -0.1) is 0 Å². The number of amides is 2. The number of carbonyl (C=O) groups excluding carboxylic acids is 2. The number of nitrogen functional groups attached to an aromatic ring is 1. The number of anilines is 2. The Balaban J connectivity index is 1.31. The summed E-state index contributed by atoms with van der Waals surface area (Å²) in [6, 6.07) is 14.8. The SMILES string of the molecule is COc1ccc(N2CC(C(=O)NCCCc3nn(-c4ccc(F)cc4)c(N)c3C#N)CC2=O)cc1. The third-order valence-corrected chi connectivity index (χ3v) is 5.95. The lowest BCUT2D eigenvalue weighted by atomic mass is 10.1. The number of aromatic nitrogens is 2. The molecule has 0 spiro atoms. The molecule has 2 heterocycles. The third kappa shape index (κ3) is 5.09. The lowest BCUT2D eigenvalue weighted by Crippen LogP contribution is -2.33. The summed E-state index contributed by atoms with van der Waals surface area (Å²) in [5, 5.41) is 16.8. The minimum atomic E-state index is -0.437. The van der Waals surface area contributed by atoms with Gasteiger partial charge in [-0.2, -0.15) is 10.4 Å². The molecule has 180 valence electrons. The van der Waals surface area contributed by atoms with Crippen LogP contribution in [0.4, 0.5) is 15.9 Å². The first-order valence-corrected chi connectivity index (χ1v) is 11.2. The van der Waals surface area contributed by atoms with E-state index in [2.05, 4.69) is 16.5 Å². The van der Waals surface area contributed by atoms with Crippen LogP contribution < -0.4 is 20.7 Å². The maximum absolute atomic E-state index is 13.2. The fourth-order valence-corrected chi connectivity index (χ4v) is 4.06. The minimum absolute atomic E-state index is 0.101. The van der Waals surface area contributed by atoms with E-state index in [0.29, 0.717) is 43.1 Å². The Bertz CT molecular complexity index is 1260. The van der Waals surface area contributed by atoms with Crippen LogP contribution >= 0.6 is 0 Å². The quantitative estimate of drug-likeness (QED) is 0.481. The van der Waals surface area contributed by atoms with Crippen LogP contribution in [0, 0.1) is 23.1 Å². The van der Waals surface area contributed by atoms with Crippen LogP contribution in [0.15, 0.2) is 48.5 Å². The number of halogens is 1. The number of carbonyl (C=O) groups is 2. The Morgan fingerprint density at radius 2 is 1.91 bits per heavy atom. The van der Waals surface area contributed by atoms with Gasteiger partial charge in [-0.25, -0.2) is 9.07 Å². The predicted molar refractivity (Wildman–Crippen MR) is 127 cm³/mol. The van der Waals surface area contributed by atoms with E-state index < -0.39 is 5.92 Å². The molecule has 1 aliphatic rings. The molecule has 1 aliphatic heterocycles. The number of methoxy groups -OCH3 is 1. The number of benzene rings is 2. The Morgan fingerprint density at radius 3 is 2.57 bits per heavy atom. The van der Waals surface area contributed by atoms with Gasteiger partial charge in [-0.1, -0.05) is 0 Å². The fraction of sp³-hybridized carbons (Fsp3) is 0.280. The van der Waals surface area contributed by atoms with Gasteiger partial charge in [0.2, 0.25) is 11.8 Å². The molecule has 4 rings (SSSR count). The average Bonchev–Trinajstić information content (AvgIpc) is 3.41. The smallest absolute Gasteiger partial charge is 0.227 e. The summed E-state index contributed by atoms with van der Waals surface area (Å²) in [7, 11) is 1.57. The highest BCUT2D eigenvalue weighted by molar-refractivity contribution is 6.00. The molecule has 2 aromatic carbocycles. The predicted octanol–water partition coefficient (Wildman–Crippen LogP) is 2.58. The molecular formula is C25H25FN6O3. The van der Waals surface area contributed by atoms with E-state index in [9.17, 15) is 19.2 Å². The first kappa shape index (κ1) is 23.8. The first-order chi connectivity index (χ1) is 16.9. The normalized spacial score (nSPS) is 15.2. The Labute approximate surface area is 201 Å². The van der Waals surface area contributed by atoms with Gasteiger partial charge in [0.25, 0.3) is 0 Å². The van der Waals surface area contributed by atoms with Crippen LogP contribution in [-0.2, 0) is 16.0 Å². The minimum Gasteiger partial charge on any atom is -0.497 e. The van der Waals surface area contributed by atoms with Crippen LogP contribution in [0.25, 0.3) is 5.69 Å². The molecule has 0 bridgehead atoms. The Hall–Kier alpha value is -4.39. The van der Waals surface area contributed by atoms with Crippen molar-refractivity contribution in [2.24, 2.45) is 5.92 Å². The second-order valence-electron chi connectivity index (χ2n) is 8.20. The summed E-state index contributed by atoms with van der Waals surface area (Å²) in [6.07, 6.45) is 1.10. The first-order valence-electron chi connectivity index (χ1n) is 11.2. The summed E-state index contributed by atoms with van der Waals surface area (Å²) in [4.78, 5) is 26.7. The second kappa shape index (κ2) is 10.3. The van der Waals surface area contributed by atoms with Gasteiger partial charge < -0.3 is 20.7 Å². The van der Waals surface area contributed by atoms with E-state index in [0.717, 1.165) is 5.69 Å². The molecule has 1 fully saturated rings. The van der Waals surface area contributed by atoms with Gasteiger partial charge in [0.1, 0.15) is 29.0 Å². The molecule has 35 heavy (non-hydrogen) atoms. The molecule has 0 aliphatic carbocycles. The molecule has 9 nitrogen and oxygen atoms in total. The molecule has 1 saturated heterocycles. The topological polar surface area (TPSA) is 126 Å². The van der Waals surface area contributed by atoms with Crippen molar-refractivity contribution in [3.05, 3.63) is 65.6 Å². The molecule has 2 amide bonds. The molecule has 0 radical (unpaired) electrons. The van der Waals surface area contributed by atoms with E-state index in [1.807, 2.05) is 0 Å². The average molecular weight is 477 g/mol. The van der Waals surface area contributed by atoms with Crippen molar-refractivity contribution < 1.29 is 18.7 Å².